The van der Waals surface area contributed by atoms with Crippen LogP contribution in [-0.2, 0) is 4.74 Å². The first-order chi connectivity index (χ1) is 6.73. The molecule has 0 bridgehead atoms. The monoisotopic (exact) mass is 197 g/mol. The smallest absolute Gasteiger partial charge is 0.0810 e. The third kappa shape index (κ3) is 2.82. The van der Waals surface area contributed by atoms with E-state index in [-0.39, 0.29) is 5.60 Å². The number of hydrogen-bond acceptors (Lipinski definition) is 2. The Bertz CT molecular complexity index is 173. The Labute approximate surface area is 87.7 Å². The lowest BCUT2D eigenvalue weighted by molar-refractivity contribution is -0.0106. The molecule has 1 N–H and O–H groups in total. The summed E-state index contributed by atoms with van der Waals surface area (Å²) in [6.07, 6.45) is 6.51. The van der Waals surface area contributed by atoms with E-state index in [1.165, 1.54) is 19.3 Å². The summed E-state index contributed by atoms with van der Waals surface area (Å²) < 4.78 is 5.84. The largest absolute Gasteiger partial charge is 0.374 e. The molecule has 0 aliphatic carbocycles. The van der Waals surface area contributed by atoms with Gasteiger partial charge in [-0.05, 0) is 39.2 Å². The second kappa shape index (κ2) is 5.52. The van der Waals surface area contributed by atoms with Crippen molar-refractivity contribution in [2.75, 3.05) is 13.2 Å². The molecule has 0 saturated carbocycles. The molecular weight excluding hydrogens is 174 g/mol. The van der Waals surface area contributed by atoms with Crippen LogP contribution in [0.25, 0.3) is 0 Å². The molecule has 1 fully saturated rings. The van der Waals surface area contributed by atoms with Gasteiger partial charge in [0.25, 0.3) is 0 Å². The fourth-order valence-corrected chi connectivity index (χ4v) is 2.11. The zero-order valence-corrected chi connectivity index (χ0v) is 9.51. The van der Waals surface area contributed by atoms with Crippen molar-refractivity contribution in [2.24, 2.45) is 0 Å². The molecule has 14 heavy (non-hydrogen) atoms. The summed E-state index contributed by atoms with van der Waals surface area (Å²) in [6, 6.07) is 0.433. The van der Waals surface area contributed by atoms with E-state index in [0.717, 1.165) is 19.6 Å². The fraction of sp³-hybridized carbons (Fsp3) is 0.833. The van der Waals surface area contributed by atoms with Gasteiger partial charge in [-0.15, -0.1) is 6.58 Å². The highest BCUT2D eigenvalue weighted by Crippen LogP contribution is 2.30. The highest BCUT2D eigenvalue weighted by Gasteiger charge is 2.37. The second-order valence-electron chi connectivity index (χ2n) is 4.30. The molecule has 2 unspecified atom stereocenters. The van der Waals surface area contributed by atoms with Crippen LogP contribution in [0.2, 0.25) is 0 Å². The van der Waals surface area contributed by atoms with E-state index in [2.05, 4.69) is 25.7 Å². The van der Waals surface area contributed by atoms with Crippen molar-refractivity contribution in [3.8, 4) is 0 Å². The van der Waals surface area contributed by atoms with Gasteiger partial charge in [0, 0.05) is 12.6 Å². The van der Waals surface area contributed by atoms with Crippen molar-refractivity contribution in [3.05, 3.63) is 12.7 Å². The number of hydrogen-bond donors (Lipinski definition) is 1. The summed E-state index contributed by atoms with van der Waals surface area (Å²) in [5, 5.41) is 3.56. The van der Waals surface area contributed by atoms with Gasteiger partial charge in [-0.1, -0.05) is 13.0 Å². The van der Waals surface area contributed by atoms with Crippen LogP contribution in [-0.4, -0.2) is 24.8 Å². The first-order valence-electron chi connectivity index (χ1n) is 5.71. The molecule has 0 aromatic carbocycles. The molecule has 2 heteroatoms. The van der Waals surface area contributed by atoms with Crippen molar-refractivity contribution in [3.63, 3.8) is 0 Å². The Hall–Kier alpha value is -0.340. The molecule has 0 aromatic rings. The van der Waals surface area contributed by atoms with Gasteiger partial charge in [0.2, 0.25) is 0 Å². The molecule has 1 heterocycles. The van der Waals surface area contributed by atoms with Gasteiger partial charge < -0.3 is 10.1 Å². The van der Waals surface area contributed by atoms with Crippen molar-refractivity contribution in [1.29, 1.82) is 0 Å². The Morgan fingerprint density at radius 3 is 2.93 bits per heavy atom. The van der Waals surface area contributed by atoms with Gasteiger partial charge in [0.15, 0.2) is 0 Å². The predicted octanol–water partition coefficient (Wildman–Crippen LogP) is 2.50. The van der Waals surface area contributed by atoms with E-state index < -0.39 is 0 Å². The lowest BCUT2D eigenvalue weighted by Gasteiger charge is -2.33. The highest BCUT2D eigenvalue weighted by molar-refractivity contribution is 4.95. The topological polar surface area (TPSA) is 21.3 Å². The quantitative estimate of drug-likeness (QED) is 0.661. The lowest BCUT2D eigenvalue weighted by Crippen LogP contribution is -2.48. The number of nitrogens with one attached hydrogen (secondary N) is 1. The summed E-state index contributed by atoms with van der Waals surface area (Å²) in [7, 11) is 0. The Balaban J connectivity index is 2.50. The van der Waals surface area contributed by atoms with Crippen molar-refractivity contribution in [2.45, 2.75) is 51.2 Å². The van der Waals surface area contributed by atoms with Gasteiger partial charge in [0.1, 0.15) is 0 Å². The van der Waals surface area contributed by atoms with Crippen LogP contribution in [0.5, 0.6) is 0 Å². The molecule has 1 aliphatic rings. The molecule has 0 amide bonds. The van der Waals surface area contributed by atoms with Crippen molar-refractivity contribution in [1.82, 2.24) is 5.32 Å². The maximum atomic E-state index is 5.84. The number of rotatable bonds is 6. The third-order valence-electron chi connectivity index (χ3n) is 3.03. The summed E-state index contributed by atoms with van der Waals surface area (Å²) in [4.78, 5) is 0. The summed E-state index contributed by atoms with van der Waals surface area (Å²) in [6.45, 7) is 10.2. The average Bonchev–Trinajstić information content (AvgIpc) is 2.60. The van der Waals surface area contributed by atoms with E-state index in [4.69, 9.17) is 4.74 Å². The normalized spacial score (nSPS) is 29.0. The number of ether oxygens (including phenoxy) is 1. The summed E-state index contributed by atoms with van der Waals surface area (Å²) in [5.41, 5.74) is 0.0311. The van der Waals surface area contributed by atoms with Crippen LogP contribution in [0.1, 0.15) is 39.5 Å². The Kier molecular flexibility index (Phi) is 4.63. The minimum absolute atomic E-state index is 0.0311. The minimum atomic E-state index is 0.0311. The van der Waals surface area contributed by atoms with Crippen LogP contribution >= 0.6 is 0 Å². The first kappa shape index (κ1) is 11.7. The summed E-state index contributed by atoms with van der Waals surface area (Å²) >= 11 is 0. The van der Waals surface area contributed by atoms with Gasteiger partial charge in [-0.3, -0.25) is 0 Å². The SMILES string of the molecule is C=CCC(NCCC)C1(C)CCCO1. The molecule has 2 nitrogen and oxygen atoms in total. The molecule has 2 atom stereocenters. The van der Waals surface area contributed by atoms with Crippen LogP contribution in [0.4, 0.5) is 0 Å². The zero-order valence-electron chi connectivity index (χ0n) is 9.51. The van der Waals surface area contributed by atoms with E-state index in [9.17, 15) is 0 Å². The Morgan fingerprint density at radius 2 is 2.43 bits per heavy atom. The molecule has 0 radical (unpaired) electrons. The van der Waals surface area contributed by atoms with Crippen LogP contribution in [0.15, 0.2) is 12.7 Å². The van der Waals surface area contributed by atoms with Crippen molar-refractivity contribution >= 4 is 0 Å². The summed E-state index contributed by atoms with van der Waals surface area (Å²) in [5.74, 6) is 0. The van der Waals surface area contributed by atoms with Gasteiger partial charge in [-0.25, -0.2) is 0 Å². The van der Waals surface area contributed by atoms with Crippen LogP contribution in [0, 0.1) is 0 Å². The lowest BCUT2D eigenvalue weighted by atomic mass is 9.90. The maximum absolute atomic E-state index is 5.84. The molecule has 82 valence electrons. The van der Waals surface area contributed by atoms with E-state index in [0.29, 0.717) is 6.04 Å². The average molecular weight is 197 g/mol. The van der Waals surface area contributed by atoms with Gasteiger partial charge in [0.05, 0.1) is 5.60 Å². The maximum Gasteiger partial charge on any atom is 0.0810 e. The third-order valence-corrected chi connectivity index (χ3v) is 3.03. The molecule has 1 rings (SSSR count). The van der Waals surface area contributed by atoms with E-state index in [1.807, 2.05) is 6.08 Å². The standard InChI is InChI=1S/C12H23NO/c1-4-7-11(13-9-5-2)12(3)8-6-10-14-12/h4,11,13H,1,5-10H2,2-3H3. The van der Waals surface area contributed by atoms with Crippen LogP contribution in [0.3, 0.4) is 0 Å². The molecule has 0 spiro atoms. The minimum Gasteiger partial charge on any atom is -0.374 e. The zero-order chi connectivity index (χ0) is 10.4. The van der Waals surface area contributed by atoms with Gasteiger partial charge in [-0.2, -0.15) is 0 Å². The molecule has 1 saturated heterocycles. The molecule has 1 aliphatic heterocycles. The highest BCUT2D eigenvalue weighted by atomic mass is 16.5. The predicted molar refractivity (Wildman–Crippen MR) is 60.5 cm³/mol. The van der Waals surface area contributed by atoms with Crippen molar-refractivity contribution < 1.29 is 4.74 Å². The van der Waals surface area contributed by atoms with E-state index in [1.54, 1.807) is 0 Å². The second-order valence-corrected chi connectivity index (χ2v) is 4.30. The molecular formula is C12H23NO. The van der Waals surface area contributed by atoms with Gasteiger partial charge >= 0.3 is 0 Å². The Morgan fingerprint density at radius 1 is 1.64 bits per heavy atom. The van der Waals surface area contributed by atoms with Crippen LogP contribution < -0.4 is 5.32 Å². The first-order valence-corrected chi connectivity index (χ1v) is 5.71. The van der Waals surface area contributed by atoms with E-state index >= 15 is 0 Å². The fourth-order valence-electron chi connectivity index (χ4n) is 2.11. The molecule has 0 aromatic heterocycles.